The number of carbonyl (C=O) groups excluding carboxylic acids is 4. The van der Waals surface area contributed by atoms with Crippen LogP contribution in [-0.4, -0.2) is 151 Å². The summed E-state index contributed by atoms with van der Waals surface area (Å²) in [4.78, 5) is 57.9. The average molecular weight is 1760 g/mol. The van der Waals surface area contributed by atoms with Gasteiger partial charge in [0.05, 0.1) is 72.5 Å². The van der Waals surface area contributed by atoms with Crippen LogP contribution < -0.4 is 21.0 Å². The van der Waals surface area contributed by atoms with Crippen molar-refractivity contribution >= 4 is 112 Å². The lowest BCUT2D eigenvalue weighted by Crippen LogP contribution is -2.72. The first-order chi connectivity index (χ1) is 57.5. The van der Waals surface area contributed by atoms with Gasteiger partial charge in [0.1, 0.15) is 72.9 Å². The van der Waals surface area contributed by atoms with Crippen LogP contribution in [0.25, 0.3) is 0 Å². The van der Waals surface area contributed by atoms with Gasteiger partial charge in [0.25, 0.3) is 27.8 Å². The highest BCUT2D eigenvalue weighted by molar-refractivity contribution is 6.99. The van der Waals surface area contributed by atoms with Crippen LogP contribution in [0.5, 0.6) is 0 Å². The molecule has 0 bridgehead atoms. The average Bonchev–Trinajstić information content (AvgIpc) is 0.733. The largest absolute Gasteiger partial charge is 0.456 e. The van der Waals surface area contributed by atoms with Gasteiger partial charge in [0.15, 0.2) is 24.8 Å². The second-order valence-corrected chi connectivity index (χ2v) is 39.2. The summed E-state index contributed by atoms with van der Waals surface area (Å²) in [5.41, 5.74) is 5.49. The van der Waals surface area contributed by atoms with Crippen molar-refractivity contribution in [3.8, 4) is 0 Å². The second-order valence-electron chi connectivity index (χ2n) is 30.3. The number of Topliss-reactive ketones (excluding diaryl/α,β-unsaturated/α-hetero) is 1. The first kappa shape index (κ1) is 90.7. The molecule has 0 aromatic heterocycles. The summed E-state index contributed by atoms with van der Waals surface area (Å²) < 4.78 is 96.4. The maximum atomic E-state index is 15.3. The Morgan fingerprint density at radius 2 is 0.714 bits per heavy atom. The van der Waals surface area contributed by atoms with Gasteiger partial charge < -0.3 is 81.4 Å². The first-order valence-electron chi connectivity index (χ1n) is 39.4. The van der Waals surface area contributed by atoms with Crippen molar-refractivity contribution in [1.82, 2.24) is 10.6 Å². The molecule has 3 aliphatic heterocycles. The molecule has 0 spiro atoms. The fourth-order valence-corrected chi connectivity index (χ4v) is 19.9. The number of benzene rings is 9. The van der Waals surface area contributed by atoms with Crippen molar-refractivity contribution in [2.24, 2.45) is 0 Å². The predicted molar refractivity (Wildman–Crippen MR) is 457 cm³/mol. The van der Waals surface area contributed by atoms with Gasteiger partial charge in [-0.2, -0.15) is 0 Å². The van der Waals surface area contributed by atoms with E-state index in [-0.39, 0.29) is 71.7 Å². The van der Waals surface area contributed by atoms with Crippen LogP contribution in [0.1, 0.15) is 79.5 Å². The van der Waals surface area contributed by atoms with Crippen molar-refractivity contribution in [2.75, 3.05) is 19.8 Å². The van der Waals surface area contributed by atoms with E-state index < -0.39 is 144 Å². The summed E-state index contributed by atoms with van der Waals surface area (Å²) in [6, 6.07) is 84.4. The van der Waals surface area contributed by atoms with Crippen molar-refractivity contribution in [3.05, 3.63) is 312 Å². The number of ketones is 1. The number of rotatable bonds is 38. The molecule has 15 atom stereocenters. The normalized spacial score (nSPS) is 23.6. The molecule has 119 heavy (non-hydrogen) atoms. The number of carbonyl (C=O) groups is 4. The fraction of sp³-hybridized carbons (Fsp3) is 0.370. The van der Waals surface area contributed by atoms with Gasteiger partial charge in [-0.1, -0.05) is 363 Å². The molecule has 630 valence electrons. The van der Waals surface area contributed by atoms with Gasteiger partial charge in [-0.05, 0) is 61.3 Å². The van der Waals surface area contributed by atoms with Crippen molar-refractivity contribution in [3.63, 3.8) is 0 Å². The van der Waals surface area contributed by atoms with E-state index in [9.17, 15) is 9.59 Å². The van der Waals surface area contributed by atoms with Crippen molar-refractivity contribution in [1.29, 1.82) is 0 Å². The smallest absolute Gasteiger partial charge is 0.306 e. The zero-order valence-electron chi connectivity index (χ0n) is 66.2. The Morgan fingerprint density at radius 1 is 0.378 bits per heavy atom. The monoisotopic (exact) mass is 1760 g/mol. The topological polar surface area (TPSA) is 222 Å². The molecule has 2 amide bonds. The maximum absolute atomic E-state index is 15.3. The number of ether oxygens (including phenoxy) is 13. The van der Waals surface area contributed by atoms with E-state index in [4.69, 9.17) is 136 Å². The molecule has 3 aliphatic rings. The highest BCUT2D eigenvalue weighted by Crippen LogP contribution is 2.42. The summed E-state index contributed by atoms with van der Waals surface area (Å²) in [6.45, 7) is 6.78. The molecule has 3 heterocycles. The van der Waals surface area contributed by atoms with Gasteiger partial charge in [-0.25, -0.2) is 0 Å². The lowest BCUT2D eigenvalue weighted by molar-refractivity contribution is -0.373. The number of esters is 1. The van der Waals surface area contributed by atoms with Crippen LogP contribution in [0.4, 0.5) is 0 Å². The molecule has 2 N–H and O–H groups in total. The molecule has 12 rings (SSSR count). The van der Waals surface area contributed by atoms with E-state index in [1.54, 1.807) is 0 Å². The minimum Gasteiger partial charge on any atom is -0.456 e. The summed E-state index contributed by atoms with van der Waals surface area (Å²) in [7, 11) is -3.66. The number of alkyl halides is 6. The maximum Gasteiger partial charge on any atom is 0.306 e. The van der Waals surface area contributed by atoms with Gasteiger partial charge in [0.2, 0.25) is 0 Å². The first-order valence-corrected chi connectivity index (χ1v) is 43.6. The van der Waals surface area contributed by atoms with Crippen LogP contribution in [0, 0.1) is 0 Å². The Kier molecular flexibility index (Phi) is 33.6. The Labute approximate surface area is 725 Å². The highest BCUT2D eigenvalue weighted by atomic mass is 35.6. The fourth-order valence-electron chi connectivity index (χ4n) is 14.9. The molecule has 9 aromatic carbocycles. The van der Waals surface area contributed by atoms with E-state index in [0.29, 0.717) is 11.1 Å². The number of amides is 2. The van der Waals surface area contributed by atoms with E-state index in [1.807, 2.05) is 273 Å². The molecule has 9 aromatic rings. The van der Waals surface area contributed by atoms with Gasteiger partial charge in [0, 0.05) is 6.42 Å². The highest BCUT2D eigenvalue weighted by Gasteiger charge is 2.60. The SMILES string of the molecule is CC(=O)CCC(=O)O[C@H]1[C@@H](OCc2ccccc2)[C@H](O[C@@H]2O[C@H](COCc3ccccc3)[C@H](O[C@H]3O[C@H](COCc4ccccc4)[C@@H](OCc4ccccc4)[C@H](OCc4ccccc4)[C@H]3OCc3ccccc3)[C@H](OCc3ccccc3)[C@H]2NC(=O)C(Cl)(Cl)Cl)[C@@H](CO[Si](c2ccccc2)(c2ccccc2)C(C)(C)C)O[C@@H]1C(=O)NC(Cl)(Cl)Cl. The zero-order valence-corrected chi connectivity index (χ0v) is 71.8. The van der Waals surface area contributed by atoms with Gasteiger partial charge >= 0.3 is 5.97 Å². The standard InChI is InChI=1S/C92H98Cl6N2O18Si/c1-62(101)50-51-75(102)116-83-82(110-57-68-42-24-10-25-43-68)79(74(113-84(83)86(103)100-92(96,97)98)61-112-119(90(2,3)4,70-46-28-12-29-47-70)71-48-30-13-31-49-71)117-87-76(99-89(104)91(93,94)95)80(108-55-66-38-20-8-21-39-66)78(73(114-87)60-106-53-64-34-16-6-17-35-64)118-88-85(111-58-69-44-26-11-27-45-69)81(109-56-67-40-22-9-23-41-67)77(107-54-65-36-18-7-19-37-65)72(115-88)59-105-52-63-32-14-5-15-33-63/h5-49,72-74,76-85,87-88H,50-61H2,1-4H3,(H,99,104)(H,100,103)/t72-,73-,74-,76-,77-,78+,79-,80-,81+,82+,83+,84+,85-,87+,88-/m1/s1. The Morgan fingerprint density at radius 3 is 1.11 bits per heavy atom. The van der Waals surface area contributed by atoms with Gasteiger partial charge in [-0.3, -0.25) is 14.4 Å². The number of halogens is 6. The summed E-state index contributed by atoms with van der Waals surface area (Å²) in [5.74, 6) is -3.50. The van der Waals surface area contributed by atoms with Crippen LogP contribution >= 0.6 is 69.6 Å². The second kappa shape index (κ2) is 44.0. The third-order valence-electron chi connectivity index (χ3n) is 20.6. The molecular formula is C92H98Cl6N2O18Si. The van der Waals surface area contributed by atoms with Gasteiger partial charge in [-0.15, -0.1) is 0 Å². The van der Waals surface area contributed by atoms with Crippen LogP contribution in [0.2, 0.25) is 5.04 Å². The third-order valence-corrected chi connectivity index (χ3v) is 26.4. The number of hydrogen-bond donors (Lipinski definition) is 2. The lowest BCUT2D eigenvalue weighted by Gasteiger charge is -2.52. The van der Waals surface area contributed by atoms with E-state index in [0.717, 1.165) is 38.2 Å². The van der Waals surface area contributed by atoms with Crippen LogP contribution in [-0.2, 0) is 131 Å². The molecule has 0 unspecified atom stereocenters. The molecular weight excluding hydrogens is 1660 g/mol. The zero-order chi connectivity index (χ0) is 83.8. The Bertz CT molecular complexity index is 4520. The Hall–Kier alpha value is -7.50. The quantitative estimate of drug-likeness (QED) is 0.0159. The molecule has 3 fully saturated rings. The molecule has 0 aliphatic carbocycles. The van der Waals surface area contributed by atoms with Crippen molar-refractivity contribution in [2.45, 2.75) is 191 Å². The molecule has 3 saturated heterocycles. The van der Waals surface area contributed by atoms with Crippen LogP contribution in [0.15, 0.2) is 273 Å². The predicted octanol–water partition coefficient (Wildman–Crippen LogP) is 15.5. The minimum absolute atomic E-state index is 0.00896. The third kappa shape index (κ3) is 25.8. The summed E-state index contributed by atoms with van der Waals surface area (Å²) >= 11 is 39.6. The molecule has 0 radical (unpaired) electrons. The lowest BCUT2D eigenvalue weighted by atomic mass is 9.92. The van der Waals surface area contributed by atoms with E-state index in [2.05, 4.69) is 31.4 Å². The van der Waals surface area contributed by atoms with Crippen LogP contribution in [0.3, 0.4) is 0 Å². The molecule has 27 heteroatoms. The molecule has 0 saturated carbocycles. The number of hydrogen-bond acceptors (Lipinski definition) is 18. The summed E-state index contributed by atoms with van der Waals surface area (Å²) in [6.07, 6.45) is -21.1. The van der Waals surface area contributed by atoms with E-state index in [1.165, 1.54) is 6.92 Å². The Balaban J connectivity index is 1.05. The number of nitrogens with one attached hydrogen (secondary N) is 2. The minimum atomic E-state index is -3.66. The summed E-state index contributed by atoms with van der Waals surface area (Å²) in [5, 5.41) is 6.42. The van der Waals surface area contributed by atoms with Crippen molar-refractivity contribution < 1.29 is 85.2 Å². The molecule has 20 nitrogen and oxygen atoms in total. The van der Waals surface area contributed by atoms with E-state index >= 15 is 9.59 Å².